The van der Waals surface area contributed by atoms with E-state index in [1.807, 2.05) is 0 Å². The van der Waals surface area contributed by atoms with Crippen LogP contribution in [0.5, 0.6) is 5.75 Å². The second-order valence-corrected chi connectivity index (χ2v) is 7.24. The summed E-state index contributed by atoms with van der Waals surface area (Å²) in [5.74, 6) is 0.538. The van der Waals surface area contributed by atoms with Crippen molar-refractivity contribution in [3.63, 3.8) is 0 Å². The molecule has 2 aromatic rings. The average molecular weight is 371 g/mol. The monoisotopic (exact) mass is 370 g/mol. The molecule has 1 N–H and O–H groups in total. The summed E-state index contributed by atoms with van der Waals surface area (Å²) in [6.07, 6.45) is 4.27. The van der Waals surface area contributed by atoms with Gasteiger partial charge in [-0.25, -0.2) is 4.98 Å². The van der Waals surface area contributed by atoms with Crippen LogP contribution in [0.2, 0.25) is 10.0 Å². The summed E-state index contributed by atoms with van der Waals surface area (Å²) in [7, 11) is 0. The molecule has 1 heterocycles. The highest BCUT2D eigenvalue weighted by Crippen LogP contribution is 2.30. The minimum atomic E-state index is -0.0387. The first-order valence-electron chi connectivity index (χ1n) is 7.48. The molecule has 3 rings (SSSR count). The van der Waals surface area contributed by atoms with Gasteiger partial charge in [-0.15, -0.1) is 11.3 Å². The van der Waals surface area contributed by atoms with Crippen LogP contribution in [0, 0.1) is 0 Å². The lowest BCUT2D eigenvalue weighted by atomic mass is 10.3. The Morgan fingerprint density at radius 2 is 2.22 bits per heavy atom. The zero-order valence-electron chi connectivity index (χ0n) is 12.4. The summed E-state index contributed by atoms with van der Waals surface area (Å²) >= 11 is 13.4. The Morgan fingerprint density at radius 3 is 3.00 bits per heavy atom. The van der Waals surface area contributed by atoms with Crippen molar-refractivity contribution in [2.24, 2.45) is 0 Å². The average Bonchev–Trinajstić information content (AvgIpc) is 3.06. The Hall–Kier alpha value is -1.30. The molecule has 0 saturated carbocycles. The fourth-order valence-electron chi connectivity index (χ4n) is 2.43. The molecule has 1 aliphatic carbocycles. The number of carbonyl (C=O) groups excluding carboxylic acids is 1. The van der Waals surface area contributed by atoms with Gasteiger partial charge >= 0.3 is 0 Å². The van der Waals surface area contributed by atoms with E-state index in [2.05, 4.69) is 10.3 Å². The number of amides is 1. The number of anilines is 1. The minimum absolute atomic E-state index is 0.0387. The molecular weight excluding hydrogens is 355 g/mol. The van der Waals surface area contributed by atoms with E-state index in [-0.39, 0.29) is 5.91 Å². The third-order valence-corrected chi connectivity index (χ3v) is 5.14. The standard InChI is InChI=1S/C16H16Cl2N2O2S/c17-10-6-7-13(11(18)9-10)22-8-2-5-15(21)20-16-19-12-3-1-4-14(12)23-16/h6-7,9H,1-5,8H2,(H,19,20,21). The van der Waals surface area contributed by atoms with E-state index in [0.29, 0.717) is 40.4 Å². The van der Waals surface area contributed by atoms with E-state index >= 15 is 0 Å². The number of aryl methyl sites for hydroxylation is 2. The predicted molar refractivity (Wildman–Crippen MR) is 94.0 cm³/mol. The highest BCUT2D eigenvalue weighted by molar-refractivity contribution is 7.15. The second-order valence-electron chi connectivity index (χ2n) is 5.32. The van der Waals surface area contributed by atoms with Crippen LogP contribution in [0.3, 0.4) is 0 Å². The van der Waals surface area contributed by atoms with Gasteiger partial charge in [0.15, 0.2) is 5.13 Å². The van der Waals surface area contributed by atoms with Crippen molar-refractivity contribution < 1.29 is 9.53 Å². The molecule has 1 aliphatic rings. The Bertz CT molecular complexity index is 697. The number of benzene rings is 1. The van der Waals surface area contributed by atoms with Crippen LogP contribution < -0.4 is 10.1 Å². The Balaban J connectivity index is 1.40. The van der Waals surface area contributed by atoms with E-state index in [4.69, 9.17) is 27.9 Å². The topological polar surface area (TPSA) is 51.2 Å². The number of fused-ring (bicyclic) bond motifs is 1. The number of carbonyl (C=O) groups is 1. The van der Waals surface area contributed by atoms with E-state index in [1.54, 1.807) is 29.5 Å². The second kappa shape index (κ2) is 7.51. The van der Waals surface area contributed by atoms with Crippen molar-refractivity contribution in [2.75, 3.05) is 11.9 Å². The van der Waals surface area contributed by atoms with Gasteiger partial charge in [0.05, 0.1) is 17.3 Å². The van der Waals surface area contributed by atoms with Gasteiger partial charge < -0.3 is 10.1 Å². The third-order valence-electron chi connectivity index (χ3n) is 3.54. The van der Waals surface area contributed by atoms with Crippen LogP contribution >= 0.6 is 34.5 Å². The molecule has 1 aromatic heterocycles. The molecule has 0 saturated heterocycles. The van der Waals surface area contributed by atoms with E-state index in [1.165, 1.54) is 11.3 Å². The van der Waals surface area contributed by atoms with Gasteiger partial charge in [-0.2, -0.15) is 0 Å². The van der Waals surface area contributed by atoms with Crippen LogP contribution in [0.4, 0.5) is 5.13 Å². The lowest BCUT2D eigenvalue weighted by Gasteiger charge is -2.08. The van der Waals surface area contributed by atoms with Gasteiger partial charge in [-0.3, -0.25) is 4.79 Å². The van der Waals surface area contributed by atoms with Crippen LogP contribution in [0.25, 0.3) is 0 Å². The summed E-state index contributed by atoms with van der Waals surface area (Å²) in [6, 6.07) is 5.08. The Morgan fingerprint density at radius 1 is 1.35 bits per heavy atom. The smallest absolute Gasteiger partial charge is 0.226 e. The summed E-state index contributed by atoms with van der Waals surface area (Å²) in [5.41, 5.74) is 1.14. The van der Waals surface area contributed by atoms with Crippen LogP contribution in [-0.4, -0.2) is 17.5 Å². The van der Waals surface area contributed by atoms with E-state index in [9.17, 15) is 4.79 Å². The number of hydrogen-bond acceptors (Lipinski definition) is 4. The van der Waals surface area contributed by atoms with Crippen molar-refractivity contribution in [3.8, 4) is 5.75 Å². The van der Waals surface area contributed by atoms with Gasteiger partial charge in [0, 0.05) is 16.3 Å². The number of rotatable bonds is 6. The van der Waals surface area contributed by atoms with Crippen LogP contribution in [0.1, 0.15) is 29.8 Å². The third kappa shape index (κ3) is 4.37. The number of ether oxygens (including phenoxy) is 1. The predicted octanol–water partition coefficient (Wildman–Crippen LogP) is 4.74. The number of halogens is 2. The molecule has 4 nitrogen and oxygen atoms in total. The Labute approximate surface area is 148 Å². The molecule has 122 valence electrons. The molecule has 0 spiro atoms. The number of aromatic nitrogens is 1. The first kappa shape index (κ1) is 16.6. The molecule has 0 aliphatic heterocycles. The number of nitrogens with one attached hydrogen (secondary N) is 1. The minimum Gasteiger partial charge on any atom is -0.492 e. The largest absolute Gasteiger partial charge is 0.492 e. The van der Waals surface area contributed by atoms with Crippen molar-refractivity contribution in [1.29, 1.82) is 0 Å². The van der Waals surface area contributed by atoms with Crippen molar-refractivity contribution >= 4 is 45.6 Å². The van der Waals surface area contributed by atoms with Crippen molar-refractivity contribution in [2.45, 2.75) is 32.1 Å². The summed E-state index contributed by atoms with van der Waals surface area (Å²) in [6.45, 7) is 0.420. The molecule has 0 atom stereocenters. The maximum atomic E-state index is 11.9. The quantitative estimate of drug-likeness (QED) is 0.747. The van der Waals surface area contributed by atoms with Gasteiger partial charge in [0.25, 0.3) is 0 Å². The van der Waals surface area contributed by atoms with Gasteiger partial charge in [0.2, 0.25) is 5.91 Å². The molecule has 1 aromatic carbocycles. The first-order chi connectivity index (χ1) is 11.1. The SMILES string of the molecule is O=C(CCCOc1ccc(Cl)cc1Cl)Nc1nc2c(s1)CCC2. The first-order valence-corrected chi connectivity index (χ1v) is 9.05. The molecule has 0 unspecified atom stereocenters. The lowest BCUT2D eigenvalue weighted by molar-refractivity contribution is -0.116. The molecular formula is C16H16Cl2N2O2S. The van der Waals surface area contributed by atoms with E-state index < -0.39 is 0 Å². The number of hydrogen-bond donors (Lipinski definition) is 1. The van der Waals surface area contributed by atoms with Crippen LogP contribution in [-0.2, 0) is 17.6 Å². The lowest BCUT2D eigenvalue weighted by Crippen LogP contribution is -2.12. The summed E-state index contributed by atoms with van der Waals surface area (Å²) < 4.78 is 5.56. The number of thiazole rings is 1. The van der Waals surface area contributed by atoms with Gasteiger partial charge in [0.1, 0.15) is 5.75 Å². The molecule has 1 amide bonds. The zero-order valence-corrected chi connectivity index (χ0v) is 14.7. The summed E-state index contributed by atoms with van der Waals surface area (Å²) in [5, 5.41) is 4.61. The number of nitrogens with zero attached hydrogens (tertiary/aromatic N) is 1. The summed E-state index contributed by atoms with van der Waals surface area (Å²) in [4.78, 5) is 17.7. The Kier molecular flexibility index (Phi) is 5.41. The van der Waals surface area contributed by atoms with Gasteiger partial charge in [-0.1, -0.05) is 23.2 Å². The highest BCUT2D eigenvalue weighted by atomic mass is 35.5. The maximum absolute atomic E-state index is 11.9. The molecule has 0 radical (unpaired) electrons. The molecule has 7 heteroatoms. The fraction of sp³-hybridized carbons (Fsp3) is 0.375. The molecule has 0 bridgehead atoms. The fourth-order valence-corrected chi connectivity index (χ4v) is 3.96. The normalized spacial score (nSPS) is 13.0. The zero-order chi connectivity index (χ0) is 16.2. The molecule has 0 fully saturated rings. The highest BCUT2D eigenvalue weighted by Gasteiger charge is 2.17. The molecule has 23 heavy (non-hydrogen) atoms. The van der Waals surface area contributed by atoms with Crippen molar-refractivity contribution in [1.82, 2.24) is 4.98 Å². The van der Waals surface area contributed by atoms with Crippen LogP contribution in [0.15, 0.2) is 18.2 Å². The maximum Gasteiger partial charge on any atom is 0.226 e. The van der Waals surface area contributed by atoms with E-state index in [0.717, 1.165) is 18.5 Å². The van der Waals surface area contributed by atoms with Crippen molar-refractivity contribution in [3.05, 3.63) is 38.8 Å². The van der Waals surface area contributed by atoms with Gasteiger partial charge in [-0.05, 0) is 43.9 Å².